The highest BCUT2D eigenvalue weighted by Gasteiger charge is 2.25. The average Bonchev–Trinajstić information content (AvgIpc) is 3.15. The Kier molecular flexibility index (Phi) is 12.2. The molecule has 0 unspecified atom stereocenters. The fraction of sp³-hybridized carbons (Fsp3) is 0.244. The molecule has 0 heterocycles. The van der Waals surface area contributed by atoms with Gasteiger partial charge in [-0.3, -0.25) is 4.90 Å². The minimum absolute atomic E-state index is 0.0684. The van der Waals surface area contributed by atoms with Crippen molar-refractivity contribution in [2.24, 2.45) is 0 Å². The number of hydrogen-bond acceptors (Lipinski definition) is 7. The summed E-state index contributed by atoms with van der Waals surface area (Å²) in [5.41, 5.74) is 5.55. The van der Waals surface area contributed by atoms with Gasteiger partial charge in [0.05, 0.1) is 34.0 Å². The second-order valence-electron chi connectivity index (χ2n) is 11.6. The van der Waals surface area contributed by atoms with E-state index in [1.54, 1.807) is 26.4 Å². The lowest BCUT2D eigenvalue weighted by Crippen LogP contribution is -2.33. The lowest BCUT2D eigenvalue weighted by atomic mass is 9.88. The molecule has 7 heteroatoms. The molecule has 0 saturated carbocycles. The molecule has 7 nitrogen and oxygen atoms in total. The molecule has 0 amide bonds. The minimum Gasteiger partial charge on any atom is -0.497 e. The lowest BCUT2D eigenvalue weighted by molar-refractivity contribution is 0.0594. The van der Waals surface area contributed by atoms with Crippen LogP contribution in [-0.4, -0.2) is 50.5 Å². The maximum absolute atomic E-state index is 13.0. The molecule has 0 aliphatic carbocycles. The third kappa shape index (κ3) is 8.82. The Hall–Kier alpha value is -5.11. The number of nitrogens with zero attached hydrogens (tertiary/aromatic N) is 1. The fourth-order valence-corrected chi connectivity index (χ4v) is 5.97. The van der Waals surface area contributed by atoms with E-state index in [9.17, 15) is 9.90 Å². The summed E-state index contributed by atoms with van der Waals surface area (Å²) in [7, 11) is 4.69. The molecule has 0 radical (unpaired) electrons. The van der Waals surface area contributed by atoms with Crippen LogP contribution in [0.15, 0.2) is 127 Å². The predicted molar refractivity (Wildman–Crippen MR) is 188 cm³/mol. The highest BCUT2D eigenvalue weighted by Crippen LogP contribution is 2.34. The zero-order chi connectivity index (χ0) is 33.7. The molecular formula is C41H43NO6. The van der Waals surface area contributed by atoms with Gasteiger partial charge in [-0.2, -0.15) is 0 Å². The summed E-state index contributed by atoms with van der Waals surface area (Å²) in [5, 5.41) is 10.9. The topological polar surface area (TPSA) is 77.5 Å². The van der Waals surface area contributed by atoms with Crippen molar-refractivity contribution < 1.29 is 28.8 Å². The number of methoxy groups -OCH3 is 3. The highest BCUT2D eigenvalue weighted by molar-refractivity contribution is 5.92. The second-order valence-corrected chi connectivity index (χ2v) is 11.6. The normalized spacial score (nSPS) is 11.7. The number of benzene rings is 5. The van der Waals surface area contributed by atoms with Gasteiger partial charge in [0.2, 0.25) is 0 Å². The molecule has 248 valence electrons. The largest absolute Gasteiger partial charge is 0.497 e. The van der Waals surface area contributed by atoms with E-state index in [1.807, 2.05) is 78.9 Å². The summed E-state index contributed by atoms with van der Waals surface area (Å²) in [4.78, 5) is 15.3. The molecule has 0 spiro atoms. The zero-order valence-corrected chi connectivity index (χ0v) is 27.8. The second kappa shape index (κ2) is 17.2. The van der Waals surface area contributed by atoms with Crippen molar-refractivity contribution >= 4 is 5.97 Å². The molecule has 0 saturated heterocycles. The number of carbonyl (C=O) groups excluding carboxylic acids is 1. The van der Waals surface area contributed by atoms with E-state index in [4.69, 9.17) is 18.9 Å². The van der Waals surface area contributed by atoms with E-state index in [2.05, 4.69) is 41.3 Å². The molecule has 1 atom stereocenters. The summed E-state index contributed by atoms with van der Waals surface area (Å²) in [5.74, 6) is 1.61. The van der Waals surface area contributed by atoms with E-state index in [0.29, 0.717) is 31.0 Å². The standard InChI is InChI=1S/C41H43NO6/c1-45-35-19-14-32(15-20-35)37(33-16-21-36(46-2)22-17-33)24-25-42(27-30-10-6-4-7-11-30)39(28-43)34-18-23-40(38(26-34)41(44)47-3)48-29-31-12-8-5-9-13-31/h4-23,26,37,39,43H,24-25,27-29H2,1-3H3/t39-/m1/s1. The zero-order valence-electron chi connectivity index (χ0n) is 27.8. The number of hydrogen-bond donors (Lipinski definition) is 1. The molecular weight excluding hydrogens is 602 g/mol. The van der Waals surface area contributed by atoms with Crippen molar-refractivity contribution in [2.75, 3.05) is 34.5 Å². The van der Waals surface area contributed by atoms with Crippen molar-refractivity contribution in [1.82, 2.24) is 4.90 Å². The monoisotopic (exact) mass is 645 g/mol. The Morgan fingerprint density at radius 3 is 1.75 bits per heavy atom. The average molecular weight is 646 g/mol. The first kappa shape index (κ1) is 34.2. The van der Waals surface area contributed by atoms with Crippen molar-refractivity contribution in [1.29, 1.82) is 0 Å². The number of carbonyl (C=O) groups is 1. The van der Waals surface area contributed by atoms with E-state index in [0.717, 1.165) is 45.7 Å². The van der Waals surface area contributed by atoms with E-state index >= 15 is 0 Å². The third-order valence-corrected chi connectivity index (χ3v) is 8.61. The van der Waals surface area contributed by atoms with Crippen LogP contribution in [-0.2, 0) is 17.9 Å². The van der Waals surface area contributed by atoms with Gasteiger partial charge in [0, 0.05) is 19.0 Å². The van der Waals surface area contributed by atoms with Crippen LogP contribution in [0.25, 0.3) is 0 Å². The quantitative estimate of drug-likeness (QED) is 0.110. The van der Waals surface area contributed by atoms with Crippen molar-refractivity contribution in [3.63, 3.8) is 0 Å². The van der Waals surface area contributed by atoms with Crippen LogP contribution in [0.4, 0.5) is 0 Å². The molecule has 1 N–H and O–H groups in total. The molecule has 0 aliphatic rings. The Bertz CT molecular complexity index is 1660. The molecule has 5 aromatic rings. The van der Waals surface area contributed by atoms with Crippen LogP contribution in [0, 0.1) is 0 Å². The van der Waals surface area contributed by atoms with Gasteiger partial charge in [-0.25, -0.2) is 4.79 Å². The van der Waals surface area contributed by atoms with Crippen molar-refractivity contribution in [2.45, 2.75) is 31.5 Å². The summed E-state index contributed by atoms with van der Waals surface area (Å²) >= 11 is 0. The number of aliphatic hydroxyl groups is 1. The van der Waals surface area contributed by atoms with E-state index < -0.39 is 12.0 Å². The van der Waals surface area contributed by atoms with Crippen molar-refractivity contribution in [3.8, 4) is 17.2 Å². The van der Waals surface area contributed by atoms with Crippen molar-refractivity contribution in [3.05, 3.63) is 161 Å². The van der Waals surface area contributed by atoms with Gasteiger partial charge >= 0.3 is 5.97 Å². The summed E-state index contributed by atoms with van der Waals surface area (Å²) in [6.07, 6.45) is 0.768. The van der Waals surface area contributed by atoms with Gasteiger partial charge < -0.3 is 24.1 Å². The maximum atomic E-state index is 13.0. The first-order chi connectivity index (χ1) is 23.5. The minimum atomic E-state index is -0.495. The first-order valence-corrected chi connectivity index (χ1v) is 16.1. The van der Waals surface area contributed by atoms with Crippen LogP contribution in [0.5, 0.6) is 17.2 Å². The maximum Gasteiger partial charge on any atom is 0.341 e. The van der Waals surface area contributed by atoms with Gasteiger partial charge in [-0.15, -0.1) is 0 Å². The van der Waals surface area contributed by atoms with E-state index in [1.165, 1.54) is 7.11 Å². The van der Waals surface area contributed by atoms with Gasteiger partial charge in [0.25, 0.3) is 0 Å². The van der Waals surface area contributed by atoms with Gasteiger partial charge in [-0.05, 0) is 70.6 Å². The van der Waals surface area contributed by atoms with Gasteiger partial charge in [0.1, 0.15) is 29.4 Å². The summed E-state index contributed by atoms with van der Waals surface area (Å²) < 4.78 is 22.1. The SMILES string of the molecule is COC(=O)c1cc([C@@H](CO)N(CCC(c2ccc(OC)cc2)c2ccc(OC)cc2)Cc2ccccc2)ccc1OCc1ccccc1. The Balaban J connectivity index is 1.47. The van der Waals surface area contributed by atoms with Gasteiger partial charge in [0.15, 0.2) is 0 Å². The van der Waals surface area contributed by atoms with Crippen LogP contribution < -0.4 is 14.2 Å². The van der Waals surface area contributed by atoms with Gasteiger partial charge in [-0.1, -0.05) is 91.0 Å². The molecule has 0 aromatic heterocycles. The Morgan fingerprint density at radius 2 is 1.23 bits per heavy atom. The van der Waals surface area contributed by atoms with E-state index in [-0.39, 0.29) is 12.5 Å². The molecule has 0 bridgehead atoms. The summed E-state index contributed by atoms with van der Waals surface area (Å²) in [6, 6.07) is 41.5. The molecule has 0 aliphatic heterocycles. The summed E-state index contributed by atoms with van der Waals surface area (Å²) in [6.45, 7) is 1.42. The first-order valence-electron chi connectivity index (χ1n) is 16.1. The molecule has 0 fully saturated rings. The third-order valence-electron chi connectivity index (χ3n) is 8.61. The predicted octanol–water partition coefficient (Wildman–Crippen LogP) is 7.83. The van der Waals surface area contributed by atoms with Crippen LogP contribution in [0.2, 0.25) is 0 Å². The number of rotatable bonds is 16. The Labute approximate surface area is 283 Å². The van der Waals surface area contributed by atoms with Crippen LogP contribution in [0.3, 0.4) is 0 Å². The lowest BCUT2D eigenvalue weighted by Gasteiger charge is -2.33. The smallest absolute Gasteiger partial charge is 0.341 e. The number of esters is 1. The number of aliphatic hydroxyl groups excluding tert-OH is 1. The van der Waals surface area contributed by atoms with Crippen LogP contribution >= 0.6 is 0 Å². The Morgan fingerprint density at radius 1 is 0.688 bits per heavy atom. The fourth-order valence-electron chi connectivity index (χ4n) is 5.97. The number of ether oxygens (including phenoxy) is 4. The molecule has 48 heavy (non-hydrogen) atoms. The molecule has 5 aromatic carbocycles. The van der Waals surface area contributed by atoms with Crippen LogP contribution in [0.1, 0.15) is 56.6 Å². The highest BCUT2D eigenvalue weighted by atomic mass is 16.5. The molecule has 5 rings (SSSR count).